The van der Waals surface area contributed by atoms with Gasteiger partial charge in [-0.05, 0) is 25.1 Å². The van der Waals surface area contributed by atoms with Gasteiger partial charge in [0, 0.05) is 21.8 Å². The molecule has 0 saturated heterocycles. The first kappa shape index (κ1) is 10.8. The van der Waals surface area contributed by atoms with Crippen molar-refractivity contribution in [3.8, 4) is 0 Å². The van der Waals surface area contributed by atoms with Crippen molar-refractivity contribution in [1.82, 2.24) is 4.98 Å². The van der Waals surface area contributed by atoms with Crippen LogP contribution < -0.4 is 0 Å². The van der Waals surface area contributed by atoms with E-state index in [0.717, 1.165) is 21.8 Å². The summed E-state index contributed by atoms with van der Waals surface area (Å²) >= 11 is 0. The van der Waals surface area contributed by atoms with Gasteiger partial charge in [0.05, 0.1) is 12.2 Å². The highest BCUT2D eigenvalue weighted by molar-refractivity contribution is 6.16. The second kappa shape index (κ2) is 4.18. The monoisotopic (exact) mass is 239 g/mol. The first-order valence-corrected chi connectivity index (χ1v) is 5.98. The number of carbonyl (C=O) groups is 1. The van der Waals surface area contributed by atoms with Gasteiger partial charge in [-0.1, -0.05) is 24.3 Å². The summed E-state index contributed by atoms with van der Waals surface area (Å²) in [7, 11) is 0. The van der Waals surface area contributed by atoms with Crippen LogP contribution in [0.5, 0.6) is 0 Å². The Morgan fingerprint density at radius 3 is 2.72 bits per heavy atom. The van der Waals surface area contributed by atoms with Crippen molar-refractivity contribution >= 4 is 27.8 Å². The minimum Gasteiger partial charge on any atom is -0.462 e. The fraction of sp³-hybridized carbons (Fsp3) is 0.133. The van der Waals surface area contributed by atoms with Crippen LogP contribution in [0.4, 0.5) is 0 Å². The number of aromatic amines is 1. The lowest BCUT2D eigenvalue weighted by atomic mass is 10.1. The van der Waals surface area contributed by atoms with Crippen molar-refractivity contribution in [3.63, 3.8) is 0 Å². The summed E-state index contributed by atoms with van der Waals surface area (Å²) in [6.07, 6.45) is 0. The second-order valence-corrected chi connectivity index (χ2v) is 4.12. The minimum absolute atomic E-state index is 0.271. The lowest BCUT2D eigenvalue weighted by Gasteiger charge is -2.03. The molecule has 90 valence electrons. The number of para-hydroxylation sites is 1. The van der Waals surface area contributed by atoms with E-state index in [4.69, 9.17) is 4.74 Å². The van der Waals surface area contributed by atoms with Crippen LogP contribution in [0.1, 0.15) is 17.3 Å². The Morgan fingerprint density at radius 1 is 1.11 bits per heavy atom. The van der Waals surface area contributed by atoms with Crippen LogP contribution in [0.15, 0.2) is 42.5 Å². The molecule has 0 aliphatic heterocycles. The average molecular weight is 239 g/mol. The number of esters is 1. The van der Waals surface area contributed by atoms with Crippen molar-refractivity contribution in [3.05, 3.63) is 48.0 Å². The number of H-pyrrole nitrogens is 1. The van der Waals surface area contributed by atoms with E-state index in [1.54, 1.807) is 6.07 Å². The summed E-state index contributed by atoms with van der Waals surface area (Å²) in [5.74, 6) is -0.271. The molecule has 3 nitrogen and oxygen atoms in total. The van der Waals surface area contributed by atoms with E-state index >= 15 is 0 Å². The molecule has 0 unspecified atom stereocenters. The molecule has 0 amide bonds. The number of hydrogen-bond donors (Lipinski definition) is 1. The van der Waals surface area contributed by atoms with Gasteiger partial charge in [0.1, 0.15) is 0 Å². The van der Waals surface area contributed by atoms with Crippen LogP contribution in [0.25, 0.3) is 21.8 Å². The van der Waals surface area contributed by atoms with Gasteiger partial charge in [-0.2, -0.15) is 0 Å². The third kappa shape index (κ3) is 1.56. The highest BCUT2D eigenvalue weighted by atomic mass is 16.5. The zero-order chi connectivity index (χ0) is 12.5. The van der Waals surface area contributed by atoms with Crippen LogP contribution in [0.3, 0.4) is 0 Å². The molecule has 3 heteroatoms. The highest BCUT2D eigenvalue weighted by Gasteiger charge is 2.14. The van der Waals surface area contributed by atoms with Gasteiger partial charge < -0.3 is 9.72 Å². The maximum atomic E-state index is 12.0. The number of ether oxygens (including phenoxy) is 1. The largest absolute Gasteiger partial charge is 0.462 e. The lowest BCUT2D eigenvalue weighted by molar-refractivity contribution is 0.0529. The summed E-state index contributed by atoms with van der Waals surface area (Å²) < 4.78 is 5.10. The summed E-state index contributed by atoms with van der Waals surface area (Å²) in [5, 5.41) is 1.99. The smallest absolute Gasteiger partial charge is 0.338 e. The summed E-state index contributed by atoms with van der Waals surface area (Å²) in [6, 6.07) is 13.6. The Labute approximate surface area is 104 Å². The molecule has 0 bridgehead atoms. The van der Waals surface area contributed by atoms with E-state index in [1.165, 1.54) is 0 Å². The van der Waals surface area contributed by atoms with Crippen molar-refractivity contribution in [2.24, 2.45) is 0 Å². The highest BCUT2D eigenvalue weighted by Crippen LogP contribution is 2.28. The maximum absolute atomic E-state index is 12.0. The van der Waals surface area contributed by atoms with Gasteiger partial charge in [0.15, 0.2) is 0 Å². The van der Waals surface area contributed by atoms with E-state index in [0.29, 0.717) is 12.2 Å². The van der Waals surface area contributed by atoms with Gasteiger partial charge in [0.25, 0.3) is 0 Å². The van der Waals surface area contributed by atoms with E-state index in [1.807, 2.05) is 43.3 Å². The number of hydrogen-bond acceptors (Lipinski definition) is 2. The molecule has 0 atom stereocenters. The standard InChI is InChI=1S/C15H13NO2/c1-2-18-15(17)11-7-5-9-13-14(11)10-6-3-4-8-12(10)16-13/h3-9,16H,2H2,1H3. The van der Waals surface area contributed by atoms with Gasteiger partial charge in [0.2, 0.25) is 0 Å². The number of nitrogens with one attached hydrogen (secondary N) is 1. The van der Waals surface area contributed by atoms with Gasteiger partial charge in [-0.3, -0.25) is 0 Å². The van der Waals surface area contributed by atoms with Crippen molar-refractivity contribution in [2.75, 3.05) is 6.61 Å². The Bertz CT molecular complexity index is 728. The zero-order valence-corrected chi connectivity index (χ0v) is 10.1. The zero-order valence-electron chi connectivity index (χ0n) is 10.1. The molecule has 0 radical (unpaired) electrons. The molecule has 1 N–H and O–H groups in total. The minimum atomic E-state index is -0.271. The molecule has 0 aliphatic rings. The number of benzene rings is 2. The van der Waals surface area contributed by atoms with Crippen LogP contribution in [-0.2, 0) is 4.74 Å². The quantitative estimate of drug-likeness (QED) is 0.695. The van der Waals surface area contributed by atoms with Crippen LogP contribution >= 0.6 is 0 Å². The first-order chi connectivity index (χ1) is 8.81. The fourth-order valence-corrected chi connectivity index (χ4v) is 2.28. The topological polar surface area (TPSA) is 42.1 Å². The Balaban J connectivity index is 2.35. The molecule has 0 fully saturated rings. The second-order valence-electron chi connectivity index (χ2n) is 4.12. The van der Waals surface area contributed by atoms with Crippen molar-refractivity contribution in [1.29, 1.82) is 0 Å². The normalized spacial score (nSPS) is 10.9. The number of carbonyl (C=O) groups excluding carboxylic acids is 1. The van der Waals surface area contributed by atoms with Crippen LogP contribution in [0.2, 0.25) is 0 Å². The molecule has 2 aromatic carbocycles. The third-order valence-corrected chi connectivity index (χ3v) is 3.03. The maximum Gasteiger partial charge on any atom is 0.338 e. The third-order valence-electron chi connectivity index (χ3n) is 3.03. The van der Waals surface area contributed by atoms with Crippen molar-refractivity contribution < 1.29 is 9.53 Å². The average Bonchev–Trinajstić information content (AvgIpc) is 2.77. The summed E-state index contributed by atoms with van der Waals surface area (Å²) in [4.78, 5) is 15.3. The molecule has 1 heterocycles. The SMILES string of the molecule is CCOC(=O)c1cccc2[nH]c3ccccc3c12. The van der Waals surface area contributed by atoms with Crippen LogP contribution in [-0.4, -0.2) is 17.6 Å². The molecule has 3 rings (SSSR count). The van der Waals surface area contributed by atoms with Gasteiger partial charge in [-0.25, -0.2) is 4.79 Å². The molecule has 18 heavy (non-hydrogen) atoms. The summed E-state index contributed by atoms with van der Waals surface area (Å²) in [5.41, 5.74) is 2.61. The predicted molar refractivity (Wildman–Crippen MR) is 71.8 cm³/mol. The Hall–Kier alpha value is -2.29. The molecule has 1 aromatic heterocycles. The molecular formula is C15H13NO2. The van der Waals surface area contributed by atoms with E-state index in [-0.39, 0.29) is 5.97 Å². The first-order valence-electron chi connectivity index (χ1n) is 5.98. The fourth-order valence-electron chi connectivity index (χ4n) is 2.28. The molecular weight excluding hydrogens is 226 g/mol. The lowest BCUT2D eigenvalue weighted by Crippen LogP contribution is -2.04. The molecule has 0 saturated carbocycles. The Morgan fingerprint density at radius 2 is 1.89 bits per heavy atom. The predicted octanol–water partition coefficient (Wildman–Crippen LogP) is 3.50. The molecule has 0 spiro atoms. The Kier molecular flexibility index (Phi) is 2.52. The number of rotatable bonds is 2. The number of aromatic nitrogens is 1. The van der Waals surface area contributed by atoms with Crippen LogP contribution in [0, 0.1) is 0 Å². The number of fused-ring (bicyclic) bond motifs is 3. The van der Waals surface area contributed by atoms with Crippen molar-refractivity contribution in [2.45, 2.75) is 6.92 Å². The van der Waals surface area contributed by atoms with E-state index in [2.05, 4.69) is 4.98 Å². The summed E-state index contributed by atoms with van der Waals surface area (Å²) in [6.45, 7) is 2.20. The van der Waals surface area contributed by atoms with Gasteiger partial charge in [-0.15, -0.1) is 0 Å². The van der Waals surface area contributed by atoms with Gasteiger partial charge >= 0.3 is 5.97 Å². The molecule has 3 aromatic rings. The van der Waals surface area contributed by atoms with E-state index in [9.17, 15) is 4.79 Å². The van der Waals surface area contributed by atoms with E-state index < -0.39 is 0 Å². The molecule has 0 aliphatic carbocycles.